The topological polar surface area (TPSA) is 41.6 Å². The first-order chi connectivity index (χ1) is 13.6. The highest BCUT2D eigenvalue weighted by molar-refractivity contribution is 6.30. The van der Waals surface area contributed by atoms with Gasteiger partial charge >= 0.3 is 0 Å². The summed E-state index contributed by atoms with van der Waals surface area (Å²) in [6.45, 7) is 3.70. The monoisotopic (exact) mass is 392 g/mol. The quantitative estimate of drug-likeness (QED) is 0.609. The molecular formula is C23H21ClN2O2. The van der Waals surface area contributed by atoms with Crippen LogP contribution in [0.1, 0.15) is 22.3 Å². The molecule has 0 saturated carbocycles. The molecule has 3 heterocycles. The van der Waals surface area contributed by atoms with Crippen LogP contribution in [0.25, 0.3) is 10.8 Å². The third kappa shape index (κ3) is 2.93. The highest BCUT2D eigenvalue weighted by Crippen LogP contribution is 2.40. The lowest BCUT2D eigenvalue weighted by molar-refractivity contribution is -0.133. The van der Waals surface area contributed by atoms with Gasteiger partial charge in [0.25, 0.3) is 0 Å². The van der Waals surface area contributed by atoms with Crippen LogP contribution in [0.4, 0.5) is 17.1 Å². The van der Waals surface area contributed by atoms with Gasteiger partial charge in [-0.25, -0.2) is 0 Å². The Morgan fingerprint density at radius 1 is 1.14 bits per heavy atom. The molecule has 28 heavy (non-hydrogen) atoms. The fourth-order valence-corrected chi connectivity index (χ4v) is 4.62. The molecule has 0 amide bonds. The average molecular weight is 393 g/mol. The molecule has 1 N–H and O–H groups in total. The van der Waals surface area contributed by atoms with E-state index in [0.717, 1.165) is 64.8 Å². The SMILES string of the molecule is Cc1cccc2c(Nc3cccc(Cl)c3)cc(N3CC4CC(C3)O4)c(C=O)c12. The Morgan fingerprint density at radius 2 is 1.89 bits per heavy atom. The Hall–Kier alpha value is -2.56. The van der Waals surface area contributed by atoms with Crippen molar-refractivity contribution in [1.82, 2.24) is 0 Å². The van der Waals surface area contributed by atoms with Crippen molar-refractivity contribution >= 4 is 45.7 Å². The summed E-state index contributed by atoms with van der Waals surface area (Å²) in [7, 11) is 0. The average Bonchev–Trinajstić information content (AvgIpc) is 2.68. The Morgan fingerprint density at radius 3 is 2.61 bits per heavy atom. The van der Waals surface area contributed by atoms with Gasteiger partial charge in [-0.3, -0.25) is 4.79 Å². The summed E-state index contributed by atoms with van der Waals surface area (Å²) in [5.74, 6) is 0. The number of carbonyl (C=O) groups excluding carboxylic acids is 1. The minimum Gasteiger partial charge on any atom is -0.371 e. The molecule has 3 saturated heterocycles. The fraction of sp³-hybridized carbons (Fsp3) is 0.261. The van der Waals surface area contributed by atoms with Gasteiger partial charge in [0.05, 0.1) is 17.9 Å². The van der Waals surface area contributed by atoms with Gasteiger partial charge in [-0.05, 0) is 42.1 Å². The summed E-state index contributed by atoms with van der Waals surface area (Å²) in [6, 6.07) is 15.9. The Balaban J connectivity index is 1.68. The number of nitrogens with zero attached hydrogens (tertiary/aromatic N) is 1. The number of benzene rings is 3. The third-order valence-corrected chi connectivity index (χ3v) is 5.95. The van der Waals surface area contributed by atoms with E-state index in [1.165, 1.54) is 0 Å². The lowest BCUT2D eigenvalue weighted by Gasteiger charge is -2.48. The molecule has 3 aromatic rings. The van der Waals surface area contributed by atoms with Crippen LogP contribution in [-0.2, 0) is 4.74 Å². The molecule has 142 valence electrons. The molecule has 3 fully saturated rings. The van der Waals surface area contributed by atoms with Gasteiger partial charge in [0.1, 0.15) is 0 Å². The van der Waals surface area contributed by atoms with Gasteiger partial charge < -0.3 is 15.0 Å². The zero-order chi connectivity index (χ0) is 19.3. The lowest BCUT2D eigenvalue weighted by atomic mass is 9.93. The lowest BCUT2D eigenvalue weighted by Crippen LogP contribution is -2.57. The second-order valence-electron chi connectivity index (χ2n) is 7.63. The maximum atomic E-state index is 12.1. The molecule has 3 aromatic carbocycles. The van der Waals surface area contributed by atoms with Gasteiger partial charge in [0.15, 0.2) is 6.29 Å². The van der Waals surface area contributed by atoms with E-state index in [1.807, 2.05) is 30.3 Å². The Bertz CT molecular complexity index is 1070. The maximum absolute atomic E-state index is 12.1. The van der Waals surface area contributed by atoms with Crippen LogP contribution in [0.3, 0.4) is 0 Å². The van der Waals surface area contributed by atoms with E-state index in [4.69, 9.17) is 16.3 Å². The number of halogens is 1. The smallest absolute Gasteiger partial charge is 0.152 e. The van der Waals surface area contributed by atoms with E-state index in [9.17, 15) is 4.79 Å². The molecule has 0 aromatic heterocycles. The van der Waals surface area contributed by atoms with E-state index in [1.54, 1.807) is 0 Å². The molecule has 3 aliphatic rings. The second-order valence-corrected chi connectivity index (χ2v) is 8.06. The number of fused-ring (bicyclic) bond motifs is 3. The largest absolute Gasteiger partial charge is 0.371 e. The van der Waals surface area contributed by atoms with E-state index < -0.39 is 0 Å². The van der Waals surface area contributed by atoms with Crippen LogP contribution in [-0.4, -0.2) is 31.6 Å². The molecule has 0 aliphatic carbocycles. The first kappa shape index (κ1) is 17.5. The summed E-state index contributed by atoms with van der Waals surface area (Å²) >= 11 is 6.17. The van der Waals surface area contributed by atoms with Crippen molar-refractivity contribution in [2.75, 3.05) is 23.3 Å². The van der Waals surface area contributed by atoms with Gasteiger partial charge in [0, 0.05) is 46.9 Å². The van der Waals surface area contributed by atoms with Crippen LogP contribution in [0.15, 0.2) is 48.5 Å². The molecule has 2 bridgehead atoms. The number of anilines is 3. The Labute approximate surface area is 169 Å². The van der Waals surface area contributed by atoms with E-state index >= 15 is 0 Å². The van der Waals surface area contributed by atoms with Crippen LogP contribution in [0, 0.1) is 6.92 Å². The number of nitrogens with one attached hydrogen (secondary N) is 1. The van der Waals surface area contributed by atoms with Crippen molar-refractivity contribution in [1.29, 1.82) is 0 Å². The fourth-order valence-electron chi connectivity index (χ4n) is 4.43. The number of rotatable bonds is 4. The van der Waals surface area contributed by atoms with Crippen LogP contribution >= 0.6 is 11.6 Å². The van der Waals surface area contributed by atoms with Crippen molar-refractivity contribution in [3.63, 3.8) is 0 Å². The summed E-state index contributed by atoms with van der Waals surface area (Å²) < 4.78 is 5.79. The van der Waals surface area contributed by atoms with Gasteiger partial charge in [-0.2, -0.15) is 0 Å². The van der Waals surface area contributed by atoms with Gasteiger partial charge in [0.2, 0.25) is 0 Å². The van der Waals surface area contributed by atoms with Crippen molar-refractivity contribution in [3.05, 3.63) is 64.7 Å². The van der Waals surface area contributed by atoms with Crippen molar-refractivity contribution in [2.45, 2.75) is 25.6 Å². The first-order valence-corrected chi connectivity index (χ1v) is 9.94. The molecule has 2 atom stereocenters. The highest BCUT2D eigenvalue weighted by Gasteiger charge is 2.39. The molecule has 0 radical (unpaired) electrons. The summed E-state index contributed by atoms with van der Waals surface area (Å²) in [4.78, 5) is 14.4. The maximum Gasteiger partial charge on any atom is 0.152 e. The van der Waals surface area contributed by atoms with Crippen molar-refractivity contribution in [2.24, 2.45) is 0 Å². The van der Waals surface area contributed by atoms with Crippen LogP contribution < -0.4 is 10.2 Å². The number of aryl methyl sites for hydroxylation is 1. The predicted molar refractivity (Wildman–Crippen MR) is 114 cm³/mol. The standard InChI is InChI=1S/C23H21ClN2O2/c1-14-4-2-7-19-21(25-16-6-3-5-15(24)8-16)10-22(20(13-27)23(14)19)26-11-17-9-18(12-26)28-17/h2-8,10,13,17-18,25H,9,11-12H2,1H3. The predicted octanol–water partition coefficient (Wildman–Crippen LogP) is 5.34. The number of carbonyl (C=O) groups is 1. The molecular weight excluding hydrogens is 372 g/mol. The van der Waals surface area contributed by atoms with Crippen LogP contribution in [0.2, 0.25) is 5.02 Å². The molecule has 3 aliphatic heterocycles. The first-order valence-electron chi connectivity index (χ1n) is 9.57. The van der Waals surface area contributed by atoms with Gasteiger partial charge in [-0.15, -0.1) is 0 Å². The number of ether oxygens (including phenoxy) is 1. The second kappa shape index (κ2) is 6.80. The van der Waals surface area contributed by atoms with E-state index in [2.05, 4.69) is 35.3 Å². The number of hydrogen-bond acceptors (Lipinski definition) is 4. The number of aldehydes is 1. The molecule has 5 heteroatoms. The molecule has 6 rings (SSSR count). The zero-order valence-electron chi connectivity index (χ0n) is 15.6. The number of hydrogen-bond donors (Lipinski definition) is 1. The summed E-state index contributed by atoms with van der Waals surface area (Å²) in [5, 5.41) is 6.23. The van der Waals surface area contributed by atoms with Crippen molar-refractivity contribution < 1.29 is 9.53 Å². The number of morpholine rings is 1. The minimum atomic E-state index is 0.273. The van der Waals surface area contributed by atoms with E-state index in [-0.39, 0.29) is 12.2 Å². The zero-order valence-corrected chi connectivity index (χ0v) is 16.4. The normalized spacial score (nSPS) is 20.7. The summed E-state index contributed by atoms with van der Waals surface area (Å²) in [5.41, 5.74) is 4.71. The molecule has 0 spiro atoms. The van der Waals surface area contributed by atoms with Crippen LogP contribution in [0.5, 0.6) is 0 Å². The minimum absolute atomic E-state index is 0.273. The molecule has 2 unspecified atom stereocenters. The number of piperidine rings is 1. The molecule has 4 nitrogen and oxygen atoms in total. The van der Waals surface area contributed by atoms with Gasteiger partial charge in [-0.1, -0.05) is 35.9 Å². The Kier molecular flexibility index (Phi) is 4.26. The van der Waals surface area contributed by atoms with Crippen molar-refractivity contribution in [3.8, 4) is 0 Å². The highest BCUT2D eigenvalue weighted by atomic mass is 35.5. The summed E-state index contributed by atoms with van der Waals surface area (Å²) in [6.07, 6.45) is 2.66. The van der Waals surface area contributed by atoms with E-state index in [0.29, 0.717) is 5.02 Å². The third-order valence-electron chi connectivity index (χ3n) is 5.71.